The molecule has 0 aromatic carbocycles. The molecule has 0 aliphatic rings. The van der Waals surface area contributed by atoms with E-state index in [2.05, 4.69) is 18.8 Å². The predicted octanol–water partition coefficient (Wildman–Crippen LogP) is 3.59. The maximum Gasteiger partial charge on any atom is 0.0637 e. The minimum absolute atomic E-state index is 0. The Balaban J connectivity index is 0.00000196. The number of hydrogen-bond donors (Lipinski definition) is 1. The van der Waals surface area contributed by atoms with E-state index in [1.54, 1.807) is 12.4 Å². The van der Waals surface area contributed by atoms with E-state index in [0.717, 1.165) is 18.4 Å². The summed E-state index contributed by atoms with van der Waals surface area (Å²) in [4.78, 5) is 3.94. The number of pyridine rings is 1. The van der Waals surface area contributed by atoms with E-state index in [-0.39, 0.29) is 18.4 Å². The van der Waals surface area contributed by atoms with Crippen molar-refractivity contribution in [2.75, 3.05) is 0 Å². The molecule has 0 spiro atoms. The molecule has 0 amide bonds. The lowest BCUT2D eigenvalue weighted by atomic mass is 9.99. The maximum atomic E-state index is 6.03. The average Bonchev–Trinajstić information content (AvgIpc) is 2.15. The second-order valence-electron chi connectivity index (χ2n) is 3.97. The molecule has 15 heavy (non-hydrogen) atoms. The Morgan fingerprint density at radius 3 is 2.60 bits per heavy atom. The molecular weight excluding hydrogens is 231 g/mol. The van der Waals surface area contributed by atoms with Gasteiger partial charge in [0.25, 0.3) is 0 Å². The number of halogens is 2. The molecule has 1 rings (SSSR count). The van der Waals surface area contributed by atoms with Crippen LogP contribution in [0.3, 0.4) is 0 Å². The lowest BCUT2D eigenvalue weighted by molar-refractivity contribution is 0.507. The van der Waals surface area contributed by atoms with Crippen LogP contribution in [0.2, 0.25) is 5.02 Å². The Bertz CT molecular complexity index is 290. The maximum absolute atomic E-state index is 6.03. The van der Waals surface area contributed by atoms with Crippen molar-refractivity contribution in [2.45, 2.75) is 32.7 Å². The zero-order valence-corrected chi connectivity index (χ0v) is 10.7. The van der Waals surface area contributed by atoms with E-state index in [9.17, 15) is 0 Å². The summed E-state index contributed by atoms with van der Waals surface area (Å²) in [7, 11) is 0. The summed E-state index contributed by atoms with van der Waals surface area (Å²) in [5.41, 5.74) is 7.03. The second kappa shape index (κ2) is 7.04. The molecule has 0 unspecified atom stereocenters. The fraction of sp³-hybridized carbons (Fsp3) is 0.545. The fourth-order valence-electron chi connectivity index (χ4n) is 1.36. The van der Waals surface area contributed by atoms with Gasteiger partial charge < -0.3 is 5.73 Å². The molecular formula is C11H18Cl2N2. The van der Waals surface area contributed by atoms with Crippen molar-refractivity contribution in [2.24, 2.45) is 11.7 Å². The zero-order chi connectivity index (χ0) is 10.6. The molecule has 0 bridgehead atoms. The highest BCUT2D eigenvalue weighted by Crippen LogP contribution is 2.24. The Morgan fingerprint density at radius 2 is 2.07 bits per heavy atom. The molecule has 4 heteroatoms. The van der Waals surface area contributed by atoms with Gasteiger partial charge in [0, 0.05) is 18.4 Å². The van der Waals surface area contributed by atoms with Crippen molar-refractivity contribution in [1.82, 2.24) is 4.98 Å². The van der Waals surface area contributed by atoms with Crippen LogP contribution < -0.4 is 5.73 Å². The van der Waals surface area contributed by atoms with E-state index in [1.807, 2.05) is 6.07 Å². The Morgan fingerprint density at radius 1 is 1.40 bits per heavy atom. The van der Waals surface area contributed by atoms with Crippen molar-refractivity contribution < 1.29 is 0 Å². The van der Waals surface area contributed by atoms with E-state index in [0.29, 0.717) is 10.9 Å². The van der Waals surface area contributed by atoms with Crippen molar-refractivity contribution in [1.29, 1.82) is 0 Å². The Hall–Kier alpha value is -0.310. The minimum Gasteiger partial charge on any atom is -0.324 e. The average molecular weight is 249 g/mol. The summed E-state index contributed by atoms with van der Waals surface area (Å²) < 4.78 is 0. The van der Waals surface area contributed by atoms with Crippen LogP contribution in [0, 0.1) is 5.92 Å². The first-order chi connectivity index (χ1) is 6.61. The van der Waals surface area contributed by atoms with Crippen LogP contribution in [0.25, 0.3) is 0 Å². The molecule has 0 saturated heterocycles. The first-order valence-corrected chi connectivity index (χ1v) is 5.34. The van der Waals surface area contributed by atoms with Gasteiger partial charge in [-0.1, -0.05) is 25.4 Å². The molecule has 1 atom stereocenters. The molecule has 0 saturated carbocycles. The Labute approximate surface area is 103 Å². The van der Waals surface area contributed by atoms with Gasteiger partial charge in [0.1, 0.15) is 0 Å². The molecule has 0 aliphatic carbocycles. The van der Waals surface area contributed by atoms with Gasteiger partial charge in [0.05, 0.1) is 5.02 Å². The van der Waals surface area contributed by atoms with Crippen LogP contribution in [0.1, 0.15) is 38.3 Å². The van der Waals surface area contributed by atoms with Gasteiger partial charge in [-0.05, 0) is 30.4 Å². The molecule has 2 N–H and O–H groups in total. The van der Waals surface area contributed by atoms with Crippen LogP contribution in [0.4, 0.5) is 0 Å². The first kappa shape index (κ1) is 14.7. The normalized spacial score (nSPS) is 12.3. The molecule has 0 radical (unpaired) electrons. The summed E-state index contributed by atoms with van der Waals surface area (Å²) in [6, 6.07) is 1.93. The Kier molecular flexibility index (Phi) is 6.90. The molecule has 0 aliphatic heterocycles. The van der Waals surface area contributed by atoms with Crippen molar-refractivity contribution in [3.8, 4) is 0 Å². The largest absolute Gasteiger partial charge is 0.324 e. The first-order valence-electron chi connectivity index (χ1n) is 4.96. The summed E-state index contributed by atoms with van der Waals surface area (Å²) in [5.74, 6) is 0.682. The number of nitrogens with two attached hydrogens (primary N) is 1. The van der Waals surface area contributed by atoms with Crippen LogP contribution in [0.5, 0.6) is 0 Å². The monoisotopic (exact) mass is 248 g/mol. The summed E-state index contributed by atoms with van der Waals surface area (Å²) in [6.45, 7) is 4.39. The highest BCUT2D eigenvalue weighted by atomic mass is 35.5. The van der Waals surface area contributed by atoms with Gasteiger partial charge in [0.2, 0.25) is 0 Å². The van der Waals surface area contributed by atoms with Crippen molar-refractivity contribution in [3.05, 3.63) is 29.0 Å². The summed E-state index contributed by atoms with van der Waals surface area (Å²) >= 11 is 5.99. The minimum atomic E-state index is 0. The van der Waals surface area contributed by atoms with Crippen molar-refractivity contribution in [3.63, 3.8) is 0 Å². The highest BCUT2D eigenvalue weighted by Gasteiger charge is 2.10. The molecule has 1 aromatic heterocycles. The zero-order valence-electron chi connectivity index (χ0n) is 9.11. The van der Waals surface area contributed by atoms with Crippen molar-refractivity contribution >= 4 is 24.0 Å². The molecule has 0 fully saturated rings. The lowest BCUT2D eigenvalue weighted by Crippen LogP contribution is -2.11. The fourth-order valence-corrected chi connectivity index (χ4v) is 1.61. The smallest absolute Gasteiger partial charge is 0.0637 e. The summed E-state index contributed by atoms with van der Waals surface area (Å²) in [5, 5.41) is 0.670. The molecule has 1 heterocycles. The number of hydrogen-bond acceptors (Lipinski definition) is 2. The van der Waals surface area contributed by atoms with Crippen LogP contribution in [0.15, 0.2) is 18.5 Å². The number of rotatable bonds is 4. The van der Waals surface area contributed by atoms with Gasteiger partial charge in [-0.3, -0.25) is 4.98 Å². The number of nitrogens with zero attached hydrogens (tertiary/aromatic N) is 1. The van der Waals surface area contributed by atoms with Crippen LogP contribution >= 0.6 is 24.0 Å². The third-order valence-electron chi connectivity index (χ3n) is 2.26. The highest BCUT2D eigenvalue weighted by molar-refractivity contribution is 6.31. The van der Waals surface area contributed by atoms with Gasteiger partial charge in [0.15, 0.2) is 0 Å². The summed E-state index contributed by atoms with van der Waals surface area (Å²) in [6.07, 6.45) is 5.48. The van der Waals surface area contributed by atoms with Gasteiger partial charge >= 0.3 is 0 Å². The van der Waals surface area contributed by atoms with E-state index >= 15 is 0 Å². The van der Waals surface area contributed by atoms with E-state index in [4.69, 9.17) is 17.3 Å². The predicted molar refractivity (Wildman–Crippen MR) is 67.5 cm³/mol. The molecule has 86 valence electrons. The number of aromatic nitrogens is 1. The topological polar surface area (TPSA) is 38.9 Å². The third-order valence-corrected chi connectivity index (χ3v) is 2.57. The van der Waals surface area contributed by atoms with Gasteiger partial charge in [-0.25, -0.2) is 0 Å². The quantitative estimate of drug-likeness (QED) is 0.885. The molecule has 1 aromatic rings. The van der Waals surface area contributed by atoms with Crippen LogP contribution in [-0.2, 0) is 0 Å². The molecule has 2 nitrogen and oxygen atoms in total. The SMILES string of the molecule is CC(C)CC[C@@H](N)c1ccncc1Cl.Cl. The lowest BCUT2D eigenvalue weighted by Gasteiger charge is -2.14. The van der Waals surface area contributed by atoms with Gasteiger partial charge in [-0.2, -0.15) is 0 Å². The van der Waals surface area contributed by atoms with Gasteiger partial charge in [-0.15, -0.1) is 12.4 Å². The second-order valence-corrected chi connectivity index (χ2v) is 4.38. The van der Waals surface area contributed by atoms with E-state index < -0.39 is 0 Å². The standard InChI is InChI=1S/C11H17ClN2.ClH/c1-8(2)3-4-11(13)9-5-6-14-7-10(9)12;/h5-8,11H,3-4,13H2,1-2H3;1H/t11-;/m1./s1. The third kappa shape index (κ3) is 4.83. The van der Waals surface area contributed by atoms with E-state index in [1.165, 1.54) is 0 Å². The van der Waals surface area contributed by atoms with Crippen LogP contribution in [-0.4, -0.2) is 4.98 Å².